The second kappa shape index (κ2) is 7.38. The molecule has 0 saturated heterocycles. The largest absolute Gasteiger partial charge is 0.495 e. The Hall–Kier alpha value is -2.08. The van der Waals surface area contributed by atoms with E-state index in [1.165, 1.54) is 14.0 Å². The Labute approximate surface area is 112 Å². The van der Waals surface area contributed by atoms with Crippen molar-refractivity contribution in [1.29, 1.82) is 0 Å². The summed E-state index contributed by atoms with van der Waals surface area (Å²) in [6.07, 6.45) is 0. The third-order valence-corrected chi connectivity index (χ3v) is 2.23. The molecule has 1 aromatic carbocycles. The van der Waals surface area contributed by atoms with Crippen LogP contribution < -0.4 is 15.4 Å². The molecule has 0 fully saturated rings. The number of carbonyl (C=O) groups excluding carboxylic acids is 2. The Kier molecular flexibility index (Phi) is 5.81. The topological polar surface area (TPSA) is 76.7 Å². The van der Waals surface area contributed by atoms with E-state index in [1.807, 2.05) is 6.92 Å². The monoisotopic (exact) mass is 266 g/mol. The molecule has 19 heavy (non-hydrogen) atoms. The minimum atomic E-state index is -0.278. The number of hydrogen-bond acceptors (Lipinski definition) is 4. The number of hydrogen-bond donors (Lipinski definition) is 2. The Morgan fingerprint density at radius 3 is 2.58 bits per heavy atom. The van der Waals surface area contributed by atoms with E-state index in [-0.39, 0.29) is 18.4 Å². The van der Waals surface area contributed by atoms with Gasteiger partial charge in [0.2, 0.25) is 11.8 Å². The lowest BCUT2D eigenvalue weighted by atomic mass is 10.2. The third-order valence-electron chi connectivity index (χ3n) is 2.23. The fourth-order valence-corrected chi connectivity index (χ4v) is 1.47. The first-order chi connectivity index (χ1) is 9.06. The second-order valence-corrected chi connectivity index (χ2v) is 3.78. The molecule has 0 heterocycles. The molecule has 0 aliphatic carbocycles. The van der Waals surface area contributed by atoms with Crippen LogP contribution in [0.25, 0.3) is 0 Å². The fraction of sp³-hybridized carbons (Fsp3) is 0.385. The van der Waals surface area contributed by atoms with Gasteiger partial charge in [0.15, 0.2) is 0 Å². The molecule has 104 valence electrons. The van der Waals surface area contributed by atoms with Gasteiger partial charge in [-0.1, -0.05) is 0 Å². The van der Waals surface area contributed by atoms with Gasteiger partial charge in [0.25, 0.3) is 0 Å². The van der Waals surface area contributed by atoms with E-state index in [1.54, 1.807) is 18.2 Å². The molecule has 0 aliphatic heterocycles. The zero-order valence-electron chi connectivity index (χ0n) is 11.3. The van der Waals surface area contributed by atoms with Gasteiger partial charge < -0.3 is 20.1 Å². The lowest BCUT2D eigenvalue weighted by Gasteiger charge is -2.12. The number of amides is 2. The first kappa shape index (κ1) is 15.0. The summed E-state index contributed by atoms with van der Waals surface area (Å²) < 4.78 is 10.2. The molecule has 0 spiro atoms. The van der Waals surface area contributed by atoms with Crippen molar-refractivity contribution < 1.29 is 19.1 Å². The maximum atomic E-state index is 11.6. The van der Waals surface area contributed by atoms with Gasteiger partial charge in [-0.05, 0) is 25.1 Å². The quantitative estimate of drug-likeness (QED) is 0.820. The van der Waals surface area contributed by atoms with Gasteiger partial charge in [0.1, 0.15) is 12.4 Å². The van der Waals surface area contributed by atoms with Crippen LogP contribution >= 0.6 is 0 Å². The van der Waals surface area contributed by atoms with Gasteiger partial charge in [-0.3, -0.25) is 9.59 Å². The maximum absolute atomic E-state index is 11.6. The predicted octanol–water partition coefficient (Wildman–Crippen LogP) is 1.63. The van der Waals surface area contributed by atoms with Crippen LogP contribution in [0.1, 0.15) is 13.8 Å². The number of rotatable bonds is 6. The maximum Gasteiger partial charge on any atom is 0.250 e. The molecule has 0 saturated carbocycles. The van der Waals surface area contributed by atoms with Crippen molar-refractivity contribution in [3.8, 4) is 5.75 Å². The Morgan fingerprint density at radius 1 is 1.26 bits per heavy atom. The Balaban J connectivity index is 2.83. The molecule has 0 bridgehead atoms. The van der Waals surface area contributed by atoms with E-state index in [4.69, 9.17) is 9.47 Å². The summed E-state index contributed by atoms with van der Waals surface area (Å²) in [6.45, 7) is 3.67. The predicted molar refractivity (Wildman–Crippen MR) is 72.4 cm³/mol. The number of ether oxygens (including phenoxy) is 2. The molecular weight excluding hydrogens is 248 g/mol. The molecule has 6 heteroatoms. The van der Waals surface area contributed by atoms with Crippen molar-refractivity contribution in [2.45, 2.75) is 13.8 Å². The van der Waals surface area contributed by atoms with E-state index in [9.17, 15) is 9.59 Å². The van der Waals surface area contributed by atoms with Crippen LogP contribution in [0.3, 0.4) is 0 Å². The van der Waals surface area contributed by atoms with Crippen molar-refractivity contribution in [2.75, 3.05) is 31.0 Å². The third kappa shape index (κ3) is 4.97. The minimum Gasteiger partial charge on any atom is -0.495 e. The van der Waals surface area contributed by atoms with Crippen LogP contribution in [0.4, 0.5) is 11.4 Å². The SMILES string of the molecule is CCOCC(=O)Nc1cc(NC(C)=O)ccc1OC. The number of carbonyl (C=O) groups is 2. The Morgan fingerprint density at radius 2 is 2.00 bits per heavy atom. The van der Waals surface area contributed by atoms with Crippen molar-refractivity contribution in [1.82, 2.24) is 0 Å². The highest BCUT2D eigenvalue weighted by Crippen LogP contribution is 2.27. The normalized spacial score (nSPS) is 9.84. The van der Waals surface area contributed by atoms with Crippen LogP contribution in [0.15, 0.2) is 18.2 Å². The lowest BCUT2D eigenvalue weighted by molar-refractivity contribution is -0.120. The summed E-state index contributed by atoms with van der Waals surface area (Å²) >= 11 is 0. The van der Waals surface area contributed by atoms with Crippen molar-refractivity contribution in [3.63, 3.8) is 0 Å². The van der Waals surface area contributed by atoms with Crippen molar-refractivity contribution in [2.24, 2.45) is 0 Å². The molecule has 6 nitrogen and oxygen atoms in total. The molecule has 1 aromatic rings. The van der Waals surface area contributed by atoms with Crippen LogP contribution in [-0.2, 0) is 14.3 Å². The first-order valence-corrected chi connectivity index (χ1v) is 5.90. The average molecular weight is 266 g/mol. The summed E-state index contributed by atoms with van der Waals surface area (Å²) in [6, 6.07) is 4.99. The molecule has 0 radical (unpaired) electrons. The summed E-state index contributed by atoms with van der Waals surface area (Å²) in [5.74, 6) is 0.0517. The van der Waals surface area contributed by atoms with E-state index < -0.39 is 0 Å². The molecule has 0 aliphatic rings. The second-order valence-electron chi connectivity index (χ2n) is 3.78. The molecule has 2 amide bonds. The van der Waals surface area contributed by atoms with Crippen LogP contribution in [-0.4, -0.2) is 32.1 Å². The number of methoxy groups -OCH3 is 1. The van der Waals surface area contributed by atoms with Gasteiger partial charge in [-0.25, -0.2) is 0 Å². The van der Waals surface area contributed by atoms with Crippen LogP contribution in [0, 0.1) is 0 Å². The van der Waals surface area contributed by atoms with Gasteiger partial charge in [0.05, 0.1) is 12.8 Å². The standard InChI is InChI=1S/C13H18N2O4/c1-4-19-8-13(17)15-11-7-10(14-9(2)16)5-6-12(11)18-3/h5-7H,4,8H2,1-3H3,(H,14,16)(H,15,17). The molecule has 2 N–H and O–H groups in total. The van der Waals surface area contributed by atoms with Crippen LogP contribution in [0.2, 0.25) is 0 Å². The molecular formula is C13H18N2O4. The smallest absolute Gasteiger partial charge is 0.250 e. The van der Waals surface area contributed by atoms with Gasteiger partial charge >= 0.3 is 0 Å². The molecule has 1 rings (SSSR count). The highest BCUT2D eigenvalue weighted by Gasteiger charge is 2.09. The minimum absolute atomic E-state index is 0.0238. The summed E-state index contributed by atoms with van der Waals surface area (Å²) in [4.78, 5) is 22.6. The number of anilines is 2. The number of nitrogens with one attached hydrogen (secondary N) is 2. The first-order valence-electron chi connectivity index (χ1n) is 5.90. The highest BCUT2D eigenvalue weighted by atomic mass is 16.5. The van der Waals surface area contributed by atoms with E-state index in [2.05, 4.69) is 10.6 Å². The zero-order valence-corrected chi connectivity index (χ0v) is 11.3. The van der Waals surface area contributed by atoms with E-state index in [0.717, 1.165) is 0 Å². The molecule has 0 atom stereocenters. The van der Waals surface area contributed by atoms with E-state index in [0.29, 0.717) is 23.7 Å². The highest BCUT2D eigenvalue weighted by molar-refractivity contribution is 5.95. The molecule has 0 unspecified atom stereocenters. The van der Waals surface area contributed by atoms with E-state index >= 15 is 0 Å². The Bertz CT molecular complexity index is 460. The van der Waals surface area contributed by atoms with Gasteiger partial charge in [-0.15, -0.1) is 0 Å². The zero-order chi connectivity index (χ0) is 14.3. The van der Waals surface area contributed by atoms with Crippen molar-refractivity contribution in [3.05, 3.63) is 18.2 Å². The average Bonchev–Trinajstić information content (AvgIpc) is 2.36. The fourth-order valence-electron chi connectivity index (χ4n) is 1.47. The summed E-state index contributed by atoms with van der Waals surface area (Å²) in [5.41, 5.74) is 1.07. The summed E-state index contributed by atoms with van der Waals surface area (Å²) in [7, 11) is 1.51. The van der Waals surface area contributed by atoms with Crippen molar-refractivity contribution >= 4 is 23.2 Å². The van der Waals surface area contributed by atoms with Gasteiger partial charge in [-0.2, -0.15) is 0 Å². The lowest BCUT2D eigenvalue weighted by Crippen LogP contribution is -2.19. The number of benzene rings is 1. The van der Waals surface area contributed by atoms with Gasteiger partial charge in [0, 0.05) is 19.2 Å². The molecule has 0 aromatic heterocycles. The van der Waals surface area contributed by atoms with Crippen LogP contribution in [0.5, 0.6) is 5.75 Å². The summed E-state index contributed by atoms with van der Waals surface area (Å²) in [5, 5.41) is 5.31.